The zero-order chi connectivity index (χ0) is 13.5. The number of primary amides is 1. The molecule has 0 spiro atoms. The van der Waals surface area contributed by atoms with E-state index < -0.39 is 17.3 Å². The third-order valence-corrected chi connectivity index (χ3v) is 2.44. The molecule has 6 heteroatoms. The SMILES string of the molecule is CC(C)(CNC(=O)CCCCC(=O)O)C(N)=O. The van der Waals surface area contributed by atoms with E-state index in [2.05, 4.69) is 5.32 Å². The van der Waals surface area contributed by atoms with Gasteiger partial charge in [-0.15, -0.1) is 0 Å². The Balaban J connectivity index is 3.74. The van der Waals surface area contributed by atoms with Gasteiger partial charge < -0.3 is 16.2 Å². The minimum Gasteiger partial charge on any atom is -0.481 e. The summed E-state index contributed by atoms with van der Waals surface area (Å²) in [6.45, 7) is 3.50. The Bertz CT molecular complexity index is 300. The first kappa shape index (κ1) is 15.4. The van der Waals surface area contributed by atoms with Crippen LogP contribution in [-0.4, -0.2) is 29.4 Å². The second-order valence-electron chi connectivity index (χ2n) is 4.63. The van der Waals surface area contributed by atoms with Crippen molar-refractivity contribution in [3.63, 3.8) is 0 Å². The van der Waals surface area contributed by atoms with E-state index in [0.29, 0.717) is 12.8 Å². The fraction of sp³-hybridized carbons (Fsp3) is 0.727. The average Bonchev–Trinajstić information content (AvgIpc) is 2.21. The van der Waals surface area contributed by atoms with Crippen LogP contribution in [-0.2, 0) is 14.4 Å². The number of carbonyl (C=O) groups is 3. The Hall–Kier alpha value is -1.59. The van der Waals surface area contributed by atoms with E-state index in [-0.39, 0.29) is 25.3 Å². The molecule has 0 aromatic carbocycles. The van der Waals surface area contributed by atoms with Crippen LogP contribution in [0.3, 0.4) is 0 Å². The fourth-order valence-corrected chi connectivity index (χ4v) is 1.06. The van der Waals surface area contributed by atoms with Crippen molar-refractivity contribution in [1.82, 2.24) is 5.32 Å². The van der Waals surface area contributed by atoms with Crippen LogP contribution in [0.25, 0.3) is 0 Å². The van der Waals surface area contributed by atoms with Crippen molar-refractivity contribution >= 4 is 17.8 Å². The first-order valence-corrected chi connectivity index (χ1v) is 5.54. The molecular formula is C11H20N2O4. The largest absolute Gasteiger partial charge is 0.481 e. The number of unbranched alkanes of at least 4 members (excludes halogenated alkanes) is 1. The van der Waals surface area contributed by atoms with Crippen molar-refractivity contribution in [3.05, 3.63) is 0 Å². The van der Waals surface area contributed by atoms with Gasteiger partial charge in [0.1, 0.15) is 0 Å². The molecule has 0 saturated carbocycles. The molecule has 0 bridgehead atoms. The van der Waals surface area contributed by atoms with Gasteiger partial charge in [0.05, 0.1) is 5.41 Å². The summed E-state index contributed by atoms with van der Waals surface area (Å²) < 4.78 is 0. The summed E-state index contributed by atoms with van der Waals surface area (Å²) in [4.78, 5) is 32.5. The van der Waals surface area contributed by atoms with E-state index in [0.717, 1.165) is 0 Å². The second-order valence-corrected chi connectivity index (χ2v) is 4.63. The molecule has 0 aromatic rings. The van der Waals surface area contributed by atoms with Crippen LogP contribution in [0.15, 0.2) is 0 Å². The zero-order valence-corrected chi connectivity index (χ0v) is 10.3. The minimum absolute atomic E-state index is 0.0695. The highest BCUT2D eigenvalue weighted by molar-refractivity contribution is 5.82. The number of hydrogen-bond donors (Lipinski definition) is 3. The predicted molar refractivity (Wildman–Crippen MR) is 62.1 cm³/mol. The molecule has 98 valence electrons. The number of amides is 2. The maximum Gasteiger partial charge on any atom is 0.303 e. The third-order valence-electron chi connectivity index (χ3n) is 2.44. The van der Waals surface area contributed by atoms with E-state index in [1.807, 2.05) is 0 Å². The first-order chi connectivity index (χ1) is 7.75. The van der Waals surface area contributed by atoms with Crippen LogP contribution in [0.2, 0.25) is 0 Å². The summed E-state index contributed by atoms with van der Waals surface area (Å²) in [6.07, 6.45) is 1.33. The van der Waals surface area contributed by atoms with Gasteiger partial charge in [0.25, 0.3) is 0 Å². The van der Waals surface area contributed by atoms with E-state index >= 15 is 0 Å². The molecule has 0 fully saturated rings. The van der Waals surface area contributed by atoms with Crippen LogP contribution in [0.1, 0.15) is 39.5 Å². The number of carbonyl (C=O) groups excluding carboxylic acids is 2. The van der Waals surface area contributed by atoms with Gasteiger partial charge in [0, 0.05) is 19.4 Å². The summed E-state index contributed by atoms with van der Waals surface area (Å²) in [7, 11) is 0. The Kier molecular flexibility index (Phi) is 6.23. The molecule has 2 amide bonds. The monoisotopic (exact) mass is 244 g/mol. The van der Waals surface area contributed by atoms with E-state index in [4.69, 9.17) is 10.8 Å². The molecule has 0 aliphatic carbocycles. The first-order valence-electron chi connectivity index (χ1n) is 5.54. The Labute approximate surface area is 101 Å². The number of rotatable bonds is 8. The van der Waals surface area contributed by atoms with Crippen molar-refractivity contribution in [2.24, 2.45) is 11.1 Å². The molecule has 0 radical (unpaired) electrons. The van der Waals surface area contributed by atoms with Crippen LogP contribution in [0.4, 0.5) is 0 Å². The van der Waals surface area contributed by atoms with E-state index in [9.17, 15) is 14.4 Å². The summed E-state index contributed by atoms with van der Waals surface area (Å²) in [5, 5.41) is 11.0. The molecule has 0 rings (SSSR count). The molecule has 0 saturated heterocycles. The van der Waals surface area contributed by atoms with Crippen molar-refractivity contribution in [2.75, 3.05) is 6.54 Å². The molecule has 4 N–H and O–H groups in total. The Morgan fingerprint density at radius 1 is 1.18 bits per heavy atom. The summed E-state index contributed by atoms with van der Waals surface area (Å²) in [5.74, 6) is -1.52. The van der Waals surface area contributed by atoms with E-state index in [1.165, 1.54) is 0 Å². The highest BCUT2D eigenvalue weighted by atomic mass is 16.4. The van der Waals surface area contributed by atoms with Crippen molar-refractivity contribution < 1.29 is 19.5 Å². The molecule has 0 aliphatic heterocycles. The molecule has 0 heterocycles. The molecular weight excluding hydrogens is 224 g/mol. The van der Waals surface area contributed by atoms with Gasteiger partial charge in [-0.25, -0.2) is 0 Å². The third kappa shape index (κ3) is 7.32. The molecule has 0 unspecified atom stereocenters. The van der Waals surface area contributed by atoms with Crippen LogP contribution < -0.4 is 11.1 Å². The lowest BCUT2D eigenvalue weighted by molar-refractivity contribution is -0.137. The standard InChI is InChI=1S/C11H20N2O4/c1-11(2,10(12)17)7-13-8(14)5-3-4-6-9(15)16/h3-7H2,1-2H3,(H2,12,17)(H,13,14)(H,15,16). The summed E-state index contributed by atoms with van der Waals surface area (Å²) >= 11 is 0. The maximum atomic E-state index is 11.3. The summed E-state index contributed by atoms with van der Waals surface area (Å²) in [6, 6.07) is 0. The number of carboxylic acids is 1. The van der Waals surface area contributed by atoms with E-state index in [1.54, 1.807) is 13.8 Å². The van der Waals surface area contributed by atoms with Crippen molar-refractivity contribution in [2.45, 2.75) is 39.5 Å². The maximum absolute atomic E-state index is 11.3. The minimum atomic E-state index is -0.861. The van der Waals surface area contributed by atoms with Crippen molar-refractivity contribution in [1.29, 1.82) is 0 Å². The zero-order valence-electron chi connectivity index (χ0n) is 10.3. The molecule has 0 aromatic heterocycles. The van der Waals surface area contributed by atoms with Crippen LogP contribution in [0, 0.1) is 5.41 Å². The summed E-state index contributed by atoms with van der Waals surface area (Å²) in [5.41, 5.74) is 4.39. The smallest absolute Gasteiger partial charge is 0.303 e. The quantitative estimate of drug-likeness (QED) is 0.532. The lowest BCUT2D eigenvalue weighted by Crippen LogP contribution is -2.42. The molecule has 6 nitrogen and oxygen atoms in total. The number of carboxylic acid groups (broad SMARTS) is 1. The highest BCUT2D eigenvalue weighted by Gasteiger charge is 2.25. The molecule has 0 aliphatic rings. The number of nitrogens with two attached hydrogens (primary N) is 1. The Morgan fingerprint density at radius 2 is 1.71 bits per heavy atom. The van der Waals surface area contributed by atoms with Gasteiger partial charge in [-0.05, 0) is 26.7 Å². The lowest BCUT2D eigenvalue weighted by atomic mass is 9.93. The number of nitrogens with one attached hydrogen (secondary N) is 1. The average molecular weight is 244 g/mol. The fourth-order valence-electron chi connectivity index (χ4n) is 1.06. The van der Waals surface area contributed by atoms with Crippen LogP contribution >= 0.6 is 0 Å². The van der Waals surface area contributed by atoms with Gasteiger partial charge in [0.15, 0.2) is 0 Å². The van der Waals surface area contributed by atoms with Gasteiger partial charge in [-0.1, -0.05) is 0 Å². The normalized spacial score (nSPS) is 10.9. The van der Waals surface area contributed by atoms with Gasteiger partial charge >= 0.3 is 5.97 Å². The number of aliphatic carboxylic acids is 1. The number of hydrogen-bond acceptors (Lipinski definition) is 3. The van der Waals surface area contributed by atoms with Crippen LogP contribution in [0.5, 0.6) is 0 Å². The molecule has 17 heavy (non-hydrogen) atoms. The van der Waals surface area contributed by atoms with Gasteiger partial charge in [-0.2, -0.15) is 0 Å². The predicted octanol–water partition coefficient (Wildman–Crippen LogP) is 0.259. The molecule has 0 atom stereocenters. The Morgan fingerprint density at radius 3 is 2.18 bits per heavy atom. The topological polar surface area (TPSA) is 109 Å². The highest BCUT2D eigenvalue weighted by Crippen LogP contribution is 2.12. The van der Waals surface area contributed by atoms with Gasteiger partial charge in [-0.3, -0.25) is 14.4 Å². The van der Waals surface area contributed by atoms with Crippen molar-refractivity contribution in [3.8, 4) is 0 Å². The van der Waals surface area contributed by atoms with Gasteiger partial charge in [0.2, 0.25) is 11.8 Å². The lowest BCUT2D eigenvalue weighted by Gasteiger charge is -2.20. The second kappa shape index (κ2) is 6.88.